The van der Waals surface area contributed by atoms with Crippen molar-refractivity contribution in [3.63, 3.8) is 0 Å². The van der Waals surface area contributed by atoms with Crippen molar-refractivity contribution in [2.45, 2.75) is 57.9 Å². The molecule has 1 aromatic carbocycles. The molecule has 2 nitrogen and oxygen atoms in total. The minimum absolute atomic E-state index is 0.0378. The number of unbranched alkanes of at least 4 members (excludes halogenated alkanes) is 3. The van der Waals surface area contributed by atoms with Gasteiger partial charge in [-0.25, -0.2) is 0 Å². The Morgan fingerprint density at radius 1 is 1.23 bits per heavy atom. The number of fused-ring (bicyclic) bond motifs is 1. The summed E-state index contributed by atoms with van der Waals surface area (Å²) < 4.78 is 2.19. The van der Waals surface area contributed by atoms with Crippen molar-refractivity contribution in [3.05, 3.63) is 47.8 Å². The summed E-state index contributed by atoms with van der Waals surface area (Å²) in [5.74, 6) is 0.0378. The summed E-state index contributed by atoms with van der Waals surface area (Å²) in [7, 11) is 0. The van der Waals surface area contributed by atoms with Crippen LogP contribution in [0.1, 0.15) is 56.2 Å². The number of rotatable bonds is 7. The van der Waals surface area contributed by atoms with E-state index in [4.69, 9.17) is 0 Å². The number of nitrogens with zero attached hydrogens (tertiary/aromatic N) is 1. The first-order valence-corrected chi connectivity index (χ1v) is 8.50. The number of hydrogen-bond donors (Lipinski definition) is 0. The predicted molar refractivity (Wildman–Crippen MR) is 90.0 cm³/mol. The lowest BCUT2D eigenvalue weighted by atomic mass is 9.93. The van der Waals surface area contributed by atoms with E-state index in [-0.39, 0.29) is 5.92 Å². The Bertz CT molecular complexity index is 627. The smallest absolute Gasteiger partial charge is 0.129 e. The van der Waals surface area contributed by atoms with Gasteiger partial charge in [0.2, 0.25) is 0 Å². The van der Waals surface area contributed by atoms with Crippen molar-refractivity contribution < 1.29 is 4.79 Å². The minimum Gasteiger partial charge on any atom is -0.342 e. The van der Waals surface area contributed by atoms with Gasteiger partial charge in [0.1, 0.15) is 6.29 Å². The SMILES string of the molecule is CCCCCCc1[c]n2c(c1-c1ccccc1)C(C=O)CC2. The van der Waals surface area contributed by atoms with Gasteiger partial charge >= 0.3 is 0 Å². The van der Waals surface area contributed by atoms with Gasteiger partial charge in [0, 0.05) is 17.8 Å². The number of carbonyl (C=O) groups excluding carboxylic acids is 1. The molecule has 1 radical (unpaired) electrons. The van der Waals surface area contributed by atoms with Crippen molar-refractivity contribution in [2.75, 3.05) is 0 Å². The summed E-state index contributed by atoms with van der Waals surface area (Å²) in [5.41, 5.74) is 4.98. The number of aldehydes is 1. The third kappa shape index (κ3) is 2.87. The first-order chi connectivity index (χ1) is 10.8. The molecule has 0 spiro atoms. The fourth-order valence-electron chi connectivity index (χ4n) is 3.50. The number of benzene rings is 1. The maximum atomic E-state index is 11.4. The zero-order chi connectivity index (χ0) is 15.4. The van der Waals surface area contributed by atoms with Crippen LogP contribution >= 0.6 is 0 Å². The first kappa shape index (κ1) is 15.1. The quantitative estimate of drug-likeness (QED) is 0.533. The summed E-state index contributed by atoms with van der Waals surface area (Å²) in [4.78, 5) is 11.4. The molecule has 0 fully saturated rings. The van der Waals surface area contributed by atoms with Crippen molar-refractivity contribution >= 4 is 6.29 Å². The van der Waals surface area contributed by atoms with E-state index in [1.807, 2.05) is 6.07 Å². The molecule has 1 aliphatic heterocycles. The topological polar surface area (TPSA) is 22.0 Å². The molecule has 2 heteroatoms. The lowest BCUT2D eigenvalue weighted by molar-refractivity contribution is -0.109. The van der Waals surface area contributed by atoms with Crippen LogP contribution in [0.4, 0.5) is 0 Å². The standard InChI is InChI=1S/C20H24NO/c1-2-3-4-6-11-17-14-21-13-12-18(15-22)20(21)19(17)16-9-7-5-8-10-16/h5,7-10,15,18H,2-4,6,11-13H2,1H3. The van der Waals surface area contributed by atoms with Crippen LogP contribution in [0.3, 0.4) is 0 Å². The average Bonchev–Trinajstić information content (AvgIpc) is 3.10. The lowest BCUT2D eigenvalue weighted by Crippen LogP contribution is -1.98. The molecule has 115 valence electrons. The molecular formula is C20H24NO. The van der Waals surface area contributed by atoms with E-state index in [9.17, 15) is 4.79 Å². The molecule has 2 aromatic rings. The fourth-order valence-corrected chi connectivity index (χ4v) is 3.50. The van der Waals surface area contributed by atoms with E-state index >= 15 is 0 Å². The number of hydrogen-bond acceptors (Lipinski definition) is 1. The van der Waals surface area contributed by atoms with Crippen molar-refractivity contribution in [2.24, 2.45) is 0 Å². The van der Waals surface area contributed by atoms with E-state index in [0.29, 0.717) is 0 Å². The normalized spacial score (nSPS) is 16.7. The van der Waals surface area contributed by atoms with Gasteiger partial charge in [0.05, 0.1) is 12.1 Å². The second-order valence-corrected chi connectivity index (χ2v) is 6.21. The summed E-state index contributed by atoms with van der Waals surface area (Å²) >= 11 is 0. The van der Waals surface area contributed by atoms with E-state index in [1.54, 1.807) is 0 Å². The Hall–Kier alpha value is -1.83. The maximum absolute atomic E-state index is 11.4. The van der Waals surface area contributed by atoms with Crippen LogP contribution in [-0.4, -0.2) is 10.9 Å². The molecule has 1 aromatic heterocycles. The molecular weight excluding hydrogens is 270 g/mol. The van der Waals surface area contributed by atoms with Gasteiger partial charge in [-0.15, -0.1) is 0 Å². The third-order valence-corrected chi connectivity index (χ3v) is 4.64. The first-order valence-electron chi connectivity index (χ1n) is 8.50. The number of aryl methyl sites for hydroxylation is 2. The Morgan fingerprint density at radius 2 is 2.05 bits per heavy atom. The second-order valence-electron chi connectivity index (χ2n) is 6.21. The summed E-state index contributed by atoms with van der Waals surface area (Å²) in [5, 5.41) is 0. The molecule has 1 atom stereocenters. The van der Waals surface area contributed by atoms with E-state index in [2.05, 4.69) is 42.0 Å². The van der Waals surface area contributed by atoms with Crippen LogP contribution in [0, 0.1) is 6.20 Å². The molecule has 0 amide bonds. The van der Waals surface area contributed by atoms with Crippen molar-refractivity contribution in [3.8, 4) is 11.1 Å². The molecule has 0 bridgehead atoms. The Morgan fingerprint density at radius 3 is 2.77 bits per heavy atom. The molecule has 0 N–H and O–H groups in total. The van der Waals surface area contributed by atoms with Crippen LogP contribution in [0.15, 0.2) is 30.3 Å². The summed E-state index contributed by atoms with van der Waals surface area (Å²) in [6.45, 7) is 3.16. The summed E-state index contributed by atoms with van der Waals surface area (Å²) in [6.07, 6.45) is 11.7. The second kappa shape index (κ2) is 6.95. The van der Waals surface area contributed by atoms with Crippen molar-refractivity contribution in [1.82, 2.24) is 4.57 Å². The highest BCUT2D eigenvalue weighted by molar-refractivity contribution is 5.76. The average molecular weight is 294 g/mol. The third-order valence-electron chi connectivity index (χ3n) is 4.64. The molecule has 3 rings (SSSR count). The van der Waals surface area contributed by atoms with Gasteiger partial charge < -0.3 is 9.36 Å². The molecule has 0 aliphatic carbocycles. The Labute approximate surface area is 133 Å². The molecule has 2 heterocycles. The van der Waals surface area contributed by atoms with Gasteiger partial charge in [-0.1, -0.05) is 56.5 Å². The summed E-state index contributed by atoms with van der Waals surface area (Å²) in [6, 6.07) is 10.5. The zero-order valence-corrected chi connectivity index (χ0v) is 13.3. The van der Waals surface area contributed by atoms with Gasteiger partial charge in [-0.05, 0) is 30.4 Å². The van der Waals surface area contributed by atoms with Gasteiger partial charge in [0.25, 0.3) is 0 Å². The highest BCUT2D eigenvalue weighted by Crippen LogP contribution is 2.39. The van der Waals surface area contributed by atoms with Crippen LogP contribution in [0.5, 0.6) is 0 Å². The van der Waals surface area contributed by atoms with Crippen molar-refractivity contribution in [1.29, 1.82) is 0 Å². The van der Waals surface area contributed by atoms with Crippen LogP contribution in [0.25, 0.3) is 11.1 Å². The fraction of sp³-hybridized carbons (Fsp3) is 0.450. The van der Waals surface area contributed by atoms with Crippen LogP contribution in [0.2, 0.25) is 0 Å². The molecule has 1 aliphatic rings. The van der Waals surface area contributed by atoms with Crippen LogP contribution in [-0.2, 0) is 17.8 Å². The molecule has 0 saturated heterocycles. The van der Waals surface area contributed by atoms with E-state index in [1.165, 1.54) is 48.1 Å². The van der Waals surface area contributed by atoms with Gasteiger partial charge in [0.15, 0.2) is 0 Å². The van der Waals surface area contributed by atoms with E-state index < -0.39 is 0 Å². The Balaban J connectivity index is 1.95. The highest BCUT2D eigenvalue weighted by Gasteiger charge is 2.28. The monoisotopic (exact) mass is 294 g/mol. The Kier molecular flexibility index (Phi) is 4.77. The molecule has 0 saturated carbocycles. The zero-order valence-electron chi connectivity index (χ0n) is 13.3. The highest BCUT2D eigenvalue weighted by atomic mass is 16.1. The number of aromatic nitrogens is 1. The van der Waals surface area contributed by atoms with Crippen LogP contribution < -0.4 is 0 Å². The van der Waals surface area contributed by atoms with Gasteiger partial charge in [-0.2, -0.15) is 0 Å². The largest absolute Gasteiger partial charge is 0.342 e. The minimum atomic E-state index is 0.0378. The molecule has 22 heavy (non-hydrogen) atoms. The van der Waals surface area contributed by atoms with Gasteiger partial charge in [-0.3, -0.25) is 0 Å². The van der Waals surface area contributed by atoms with E-state index in [0.717, 1.165) is 25.7 Å². The lowest BCUT2D eigenvalue weighted by Gasteiger charge is -2.09. The predicted octanol–water partition coefficient (Wildman–Crippen LogP) is 4.76. The maximum Gasteiger partial charge on any atom is 0.129 e. The molecule has 1 unspecified atom stereocenters. The number of carbonyl (C=O) groups is 1.